The predicted octanol–water partition coefficient (Wildman–Crippen LogP) is 3.06. The van der Waals surface area contributed by atoms with Gasteiger partial charge in [0.05, 0.1) is 18.1 Å². The maximum atomic E-state index is 12.8. The Bertz CT molecular complexity index is 464. The van der Waals surface area contributed by atoms with Crippen LogP contribution in [0.3, 0.4) is 0 Å². The molecular formula is C18H31ClN2O2. The molecule has 0 heterocycles. The van der Waals surface area contributed by atoms with Gasteiger partial charge in [0.15, 0.2) is 0 Å². The van der Waals surface area contributed by atoms with E-state index >= 15 is 0 Å². The standard InChI is InChI=1S/C18H30N2O2.ClH/c1-5-18(6-2,13-19)17(22)20(7-3)12-16(21)15-10-8-14(4)9-11-15;/h8-11,16,21H,5-7,12-13,19H2,1-4H3;1H. The molecule has 0 saturated heterocycles. The molecule has 1 aromatic carbocycles. The van der Waals surface area contributed by atoms with Crippen LogP contribution in [0.5, 0.6) is 0 Å². The second-order valence-corrected chi connectivity index (χ2v) is 5.96. The fraction of sp³-hybridized carbons (Fsp3) is 0.611. The van der Waals surface area contributed by atoms with E-state index in [1.807, 2.05) is 52.0 Å². The molecule has 0 aromatic heterocycles. The Morgan fingerprint density at radius 2 is 1.74 bits per heavy atom. The van der Waals surface area contributed by atoms with Crippen LogP contribution in [0.15, 0.2) is 24.3 Å². The summed E-state index contributed by atoms with van der Waals surface area (Å²) in [5, 5.41) is 10.4. The molecule has 4 nitrogen and oxygen atoms in total. The van der Waals surface area contributed by atoms with Crippen molar-refractivity contribution < 1.29 is 9.90 Å². The van der Waals surface area contributed by atoms with Crippen molar-refractivity contribution in [2.75, 3.05) is 19.6 Å². The fourth-order valence-corrected chi connectivity index (χ4v) is 2.72. The van der Waals surface area contributed by atoms with Gasteiger partial charge < -0.3 is 15.7 Å². The quantitative estimate of drug-likeness (QED) is 0.763. The molecule has 0 aliphatic carbocycles. The number of aliphatic hydroxyl groups is 1. The maximum Gasteiger partial charge on any atom is 0.230 e. The van der Waals surface area contributed by atoms with E-state index in [2.05, 4.69) is 0 Å². The van der Waals surface area contributed by atoms with Crippen LogP contribution in [-0.4, -0.2) is 35.5 Å². The summed E-state index contributed by atoms with van der Waals surface area (Å²) in [7, 11) is 0. The Morgan fingerprint density at radius 1 is 1.22 bits per heavy atom. The first-order chi connectivity index (χ1) is 10.4. The van der Waals surface area contributed by atoms with Crippen LogP contribution in [0.25, 0.3) is 0 Å². The predicted molar refractivity (Wildman–Crippen MR) is 97.7 cm³/mol. The zero-order valence-corrected chi connectivity index (χ0v) is 15.5. The second-order valence-electron chi connectivity index (χ2n) is 5.96. The van der Waals surface area contributed by atoms with Crippen molar-refractivity contribution >= 4 is 18.3 Å². The van der Waals surface area contributed by atoms with Crippen LogP contribution in [0.4, 0.5) is 0 Å². The van der Waals surface area contributed by atoms with Gasteiger partial charge in [-0.1, -0.05) is 43.7 Å². The number of hydrogen-bond acceptors (Lipinski definition) is 3. The Labute approximate surface area is 146 Å². The van der Waals surface area contributed by atoms with Crippen molar-refractivity contribution in [1.29, 1.82) is 0 Å². The molecule has 0 radical (unpaired) electrons. The van der Waals surface area contributed by atoms with Crippen molar-refractivity contribution in [2.24, 2.45) is 11.1 Å². The molecule has 23 heavy (non-hydrogen) atoms. The number of carbonyl (C=O) groups excluding carboxylic acids is 1. The average Bonchev–Trinajstić information content (AvgIpc) is 2.55. The van der Waals surface area contributed by atoms with Gasteiger partial charge in [0, 0.05) is 13.1 Å². The summed E-state index contributed by atoms with van der Waals surface area (Å²) in [5.74, 6) is 0.0497. The van der Waals surface area contributed by atoms with Gasteiger partial charge in [-0.05, 0) is 32.3 Å². The van der Waals surface area contributed by atoms with Gasteiger partial charge in [0.25, 0.3) is 0 Å². The highest BCUT2D eigenvalue weighted by Crippen LogP contribution is 2.28. The lowest BCUT2D eigenvalue weighted by Gasteiger charge is -2.35. The minimum absolute atomic E-state index is 0. The molecule has 0 aliphatic heterocycles. The molecule has 1 aromatic rings. The van der Waals surface area contributed by atoms with Gasteiger partial charge in [0.1, 0.15) is 0 Å². The molecule has 0 aliphatic rings. The van der Waals surface area contributed by atoms with Crippen molar-refractivity contribution in [1.82, 2.24) is 4.90 Å². The molecule has 0 saturated carbocycles. The number of hydrogen-bond donors (Lipinski definition) is 2. The number of likely N-dealkylation sites (N-methyl/N-ethyl adjacent to an activating group) is 1. The van der Waals surface area contributed by atoms with E-state index in [9.17, 15) is 9.90 Å². The van der Waals surface area contributed by atoms with Gasteiger partial charge in [-0.3, -0.25) is 4.79 Å². The molecule has 1 unspecified atom stereocenters. The molecule has 3 N–H and O–H groups in total. The fourth-order valence-electron chi connectivity index (χ4n) is 2.72. The Morgan fingerprint density at radius 3 is 2.13 bits per heavy atom. The third kappa shape index (κ3) is 5.20. The Kier molecular flexibility index (Phi) is 9.44. The van der Waals surface area contributed by atoms with Crippen LogP contribution >= 0.6 is 12.4 Å². The number of halogens is 1. The lowest BCUT2D eigenvalue weighted by Crippen LogP contribution is -2.48. The van der Waals surface area contributed by atoms with E-state index < -0.39 is 11.5 Å². The van der Waals surface area contributed by atoms with Crippen molar-refractivity contribution in [3.8, 4) is 0 Å². The molecule has 0 bridgehead atoms. The number of nitrogens with zero attached hydrogens (tertiary/aromatic N) is 1. The molecule has 1 atom stereocenters. The monoisotopic (exact) mass is 342 g/mol. The molecule has 0 fully saturated rings. The van der Waals surface area contributed by atoms with Crippen LogP contribution < -0.4 is 5.73 Å². The second kappa shape index (κ2) is 9.91. The Hall–Kier alpha value is -1.10. The van der Waals surface area contributed by atoms with Crippen molar-refractivity contribution in [2.45, 2.75) is 46.6 Å². The average molecular weight is 343 g/mol. The maximum absolute atomic E-state index is 12.8. The number of aliphatic hydroxyl groups excluding tert-OH is 1. The van der Waals surface area contributed by atoms with E-state index in [1.54, 1.807) is 4.90 Å². The van der Waals surface area contributed by atoms with Crippen molar-refractivity contribution in [3.63, 3.8) is 0 Å². The summed E-state index contributed by atoms with van der Waals surface area (Å²) in [6, 6.07) is 7.76. The van der Waals surface area contributed by atoms with E-state index in [4.69, 9.17) is 5.73 Å². The highest BCUT2D eigenvalue weighted by molar-refractivity contribution is 5.85. The number of aryl methyl sites for hydroxylation is 1. The number of rotatable bonds is 8. The summed E-state index contributed by atoms with van der Waals surface area (Å²) in [5.41, 5.74) is 7.35. The summed E-state index contributed by atoms with van der Waals surface area (Å²) in [6.45, 7) is 9.17. The smallest absolute Gasteiger partial charge is 0.230 e. The summed E-state index contributed by atoms with van der Waals surface area (Å²) in [4.78, 5) is 14.6. The summed E-state index contributed by atoms with van der Waals surface area (Å²) >= 11 is 0. The van der Waals surface area contributed by atoms with E-state index in [-0.39, 0.29) is 18.3 Å². The normalized spacial score (nSPS) is 12.4. The first-order valence-corrected chi connectivity index (χ1v) is 8.18. The highest BCUT2D eigenvalue weighted by Gasteiger charge is 2.36. The number of amides is 1. The lowest BCUT2D eigenvalue weighted by molar-refractivity contribution is -0.143. The van der Waals surface area contributed by atoms with Gasteiger partial charge in [0.2, 0.25) is 5.91 Å². The SMILES string of the molecule is CCN(CC(O)c1ccc(C)cc1)C(=O)C(CC)(CC)CN.Cl. The molecule has 1 rings (SSSR count). The molecule has 132 valence electrons. The first kappa shape index (κ1) is 21.9. The number of nitrogens with two attached hydrogens (primary N) is 1. The topological polar surface area (TPSA) is 66.6 Å². The first-order valence-electron chi connectivity index (χ1n) is 8.18. The van der Waals surface area contributed by atoms with Crippen LogP contribution in [0.2, 0.25) is 0 Å². The van der Waals surface area contributed by atoms with Crippen molar-refractivity contribution in [3.05, 3.63) is 35.4 Å². The van der Waals surface area contributed by atoms with Gasteiger partial charge in [-0.15, -0.1) is 12.4 Å². The van der Waals surface area contributed by atoms with Crippen LogP contribution in [-0.2, 0) is 4.79 Å². The summed E-state index contributed by atoms with van der Waals surface area (Å²) in [6.07, 6.45) is 0.764. The van der Waals surface area contributed by atoms with E-state index in [1.165, 1.54) is 0 Å². The third-order valence-electron chi connectivity index (χ3n) is 4.72. The molecule has 0 spiro atoms. The van der Waals surface area contributed by atoms with E-state index in [0.717, 1.165) is 24.0 Å². The lowest BCUT2D eigenvalue weighted by atomic mass is 9.81. The molecular weight excluding hydrogens is 312 g/mol. The van der Waals surface area contributed by atoms with Gasteiger partial charge in [-0.2, -0.15) is 0 Å². The number of carbonyl (C=O) groups is 1. The van der Waals surface area contributed by atoms with Crippen LogP contribution in [0.1, 0.15) is 50.8 Å². The van der Waals surface area contributed by atoms with Gasteiger partial charge in [-0.25, -0.2) is 0 Å². The van der Waals surface area contributed by atoms with Crippen LogP contribution in [0, 0.1) is 12.3 Å². The molecule has 5 heteroatoms. The molecule has 1 amide bonds. The zero-order chi connectivity index (χ0) is 16.8. The third-order valence-corrected chi connectivity index (χ3v) is 4.72. The Balaban J connectivity index is 0.00000484. The minimum atomic E-state index is -0.673. The summed E-state index contributed by atoms with van der Waals surface area (Å²) < 4.78 is 0. The van der Waals surface area contributed by atoms with E-state index in [0.29, 0.717) is 19.6 Å². The zero-order valence-electron chi connectivity index (χ0n) is 14.7. The number of benzene rings is 1. The largest absolute Gasteiger partial charge is 0.387 e. The highest BCUT2D eigenvalue weighted by atomic mass is 35.5. The van der Waals surface area contributed by atoms with Gasteiger partial charge >= 0.3 is 0 Å². The minimum Gasteiger partial charge on any atom is -0.387 e.